The smallest absolute Gasteiger partial charge is 0.207 e. The van der Waals surface area contributed by atoms with Gasteiger partial charge < -0.3 is 5.32 Å². The molecule has 0 saturated heterocycles. The Balaban J connectivity index is -0.000000317. The van der Waals surface area contributed by atoms with Crippen molar-refractivity contribution in [3.8, 4) is 0 Å². The van der Waals surface area contributed by atoms with Crippen LogP contribution in [-0.2, 0) is 4.79 Å². The molecule has 0 spiro atoms. The van der Waals surface area contributed by atoms with E-state index in [2.05, 4.69) is 57.3 Å². The molecule has 1 aromatic carbocycles. The monoisotopic (exact) mass is 337 g/mol. The highest BCUT2D eigenvalue weighted by atomic mass is 16.1. The minimum atomic E-state index is 0.416. The van der Waals surface area contributed by atoms with Gasteiger partial charge in [-0.2, -0.15) is 0 Å². The van der Waals surface area contributed by atoms with E-state index in [1.54, 1.807) is 0 Å². The van der Waals surface area contributed by atoms with Crippen LogP contribution in [0.4, 0.5) is 0 Å². The molecule has 1 rings (SSSR count). The van der Waals surface area contributed by atoms with Crippen molar-refractivity contribution in [1.82, 2.24) is 5.32 Å². The van der Waals surface area contributed by atoms with Gasteiger partial charge in [-0.1, -0.05) is 103 Å². The molecule has 0 aromatic heterocycles. The highest BCUT2D eigenvalue weighted by molar-refractivity contribution is 5.46. The predicted octanol–water partition coefficient (Wildman–Crippen LogP) is 6.84. The summed E-state index contributed by atoms with van der Waals surface area (Å²) in [5.41, 5.74) is 2.66. The molecule has 1 atom stereocenters. The molecule has 0 aliphatic carbocycles. The van der Waals surface area contributed by atoms with Crippen LogP contribution in [0.15, 0.2) is 24.3 Å². The van der Waals surface area contributed by atoms with Gasteiger partial charge in [-0.05, 0) is 26.7 Å². The largest absolute Gasteiger partial charge is 0.356 e. The zero-order valence-corrected chi connectivity index (χ0v) is 17.6. The maximum atomic E-state index is 10.2. The van der Waals surface area contributed by atoms with Gasteiger partial charge in [0, 0.05) is 6.04 Å². The summed E-state index contributed by atoms with van der Waals surface area (Å²) in [7, 11) is 0. The SMILES string of the molecule is CC.CC.CCCCCC(CCC)NC=O.Cc1ccc(C)cc1. The van der Waals surface area contributed by atoms with E-state index >= 15 is 0 Å². The fraction of sp³-hybridized carbons (Fsp3) is 0.682. The number of hydrogen-bond donors (Lipinski definition) is 1. The Morgan fingerprint density at radius 2 is 1.29 bits per heavy atom. The highest BCUT2D eigenvalue weighted by Gasteiger charge is 2.04. The lowest BCUT2D eigenvalue weighted by Gasteiger charge is -2.14. The van der Waals surface area contributed by atoms with Crippen molar-refractivity contribution in [2.45, 2.75) is 100.0 Å². The molecular weight excluding hydrogens is 294 g/mol. The van der Waals surface area contributed by atoms with Crippen LogP contribution in [-0.4, -0.2) is 12.5 Å². The number of aryl methyl sites for hydroxylation is 2. The molecule has 0 radical (unpaired) electrons. The summed E-state index contributed by atoms with van der Waals surface area (Å²) in [6.45, 7) is 16.5. The van der Waals surface area contributed by atoms with E-state index in [0.717, 1.165) is 25.7 Å². The lowest BCUT2D eigenvalue weighted by molar-refractivity contribution is -0.110. The summed E-state index contributed by atoms with van der Waals surface area (Å²) < 4.78 is 0. The second-order valence-electron chi connectivity index (χ2n) is 5.42. The Morgan fingerprint density at radius 1 is 0.833 bits per heavy atom. The van der Waals surface area contributed by atoms with Gasteiger partial charge in [-0.15, -0.1) is 0 Å². The van der Waals surface area contributed by atoms with Gasteiger partial charge in [0.05, 0.1) is 0 Å². The van der Waals surface area contributed by atoms with Crippen molar-refractivity contribution in [1.29, 1.82) is 0 Å². The molecule has 1 aromatic rings. The second kappa shape index (κ2) is 23.9. The summed E-state index contributed by atoms with van der Waals surface area (Å²) in [6, 6.07) is 8.90. The molecule has 0 aliphatic heterocycles. The minimum Gasteiger partial charge on any atom is -0.356 e. The summed E-state index contributed by atoms with van der Waals surface area (Å²) in [6.07, 6.45) is 8.00. The Hall–Kier alpha value is -1.31. The van der Waals surface area contributed by atoms with Crippen LogP contribution in [0.3, 0.4) is 0 Å². The number of amides is 1. The number of carbonyl (C=O) groups is 1. The molecule has 142 valence electrons. The van der Waals surface area contributed by atoms with Crippen molar-refractivity contribution in [2.24, 2.45) is 0 Å². The molecule has 0 saturated carbocycles. The number of benzene rings is 1. The first kappa shape index (κ1) is 27.5. The summed E-state index contributed by atoms with van der Waals surface area (Å²) in [5.74, 6) is 0. The zero-order chi connectivity index (χ0) is 19.2. The Morgan fingerprint density at radius 3 is 1.62 bits per heavy atom. The summed E-state index contributed by atoms with van der Waals surface area (Å²) in [5, 5.41) is 2.86. The van der Waals surface area contributed by atoms with Gasteiger partial charge in [0.2, 0.25) is 6.41 Å². The third-order valence-corrected chi connectivity index (χ3v) is 3.32. The number of hydrogen-bond acceptors (Lipinski definition) is 1. The van der Waals surface area contributed by atoms with Crippen molar-refractivity contribution in [2.75, 3.05) is 0 Å². The van der Waals surface area contributed by atoms with E-state index in [1.807, 2.05) is 27.7 Å². The fourth-order valence-corrected chi connectivity index (χ4v) is 2.03. The van der Waals surface area contributed by atoms with Crippen LogP contribution in [0, 0.1) is 13.8 Å². The quantitative estimate of drug-likeness (QED) is 0.408. The molecule has 2 nitrogen and oxygen atoms in total. The van der Waals surface area contributed by atoms with Crippen molar-refractivity contribution in [3.05, 3.63) is 35.4 Å². The minimum absolute atomic E-state index is 0.416. The molecule has 1 amide bonds. The van der Waals surface area contributed by atoms with Gasteiger partial charge in [-0.25, -0.2) is 0 Å². The number of unbranched alkanes of at least 4 members (excludes halogenated alkanes) is 2. The van der Waals surface area contributed by atoms with E-state index in [-0.39, 0.29) is 0 Å². The lowest BCUT2D eigenvalue weighted by atomic mass is 10.0. The van der Waals surface area contributed by atoms with E-state index in [0.29, 0.717) is 6.04 Å². The van der Waals surface area contributed by atoms with Gasteiger partial charge in [0.1, 0.15) is 0 Å². The predicted molar refractivity (Wildman–Crippen MR) is 111 cm³/mol. The van der Waals surface area contributed by atoms with Gasteiger partial charge in [-0.3, -0.25) is 4.79 Å². The van der Waals surface area contributed by atoms with Gasteiger partial charge >= 0.3 is 0 Å². The third-order valence-electron chi connectivity index (χ3n) is 3.32. The Bertz CT molecular complexity index is 311. The van der Waals surface area contributed by atoms with Crippen LogP contribution < -0.4 is 5.32 Å². The van der Waals surface area contributed by atoms with Crippen LogP contribution >= 0.6 is 0 Å². The van der Waals surface area contributed by atoms with Crippen molar-refractivity contribution < 1.29 is 4.79 Å². The zero-order valence-electron chi connectivity index (χ0n) is 17.6. The molecule has 24 heavy (non-hydrogen) atoms. The first-order chi connectivity index (χ1) is 11.6. The number of rotatable bonds is 8. The maximum absolute atomic E-state index is 10.2. The van der Waals surface area contributed by atoms with Crippen LogP contribution in [0.1, 0.15) is 91.2 Å². The molecule has 1 N–H and O–H groups in total. The topological polar surface area (TPSA) is 29.1 Å². The molecule has 2 heteroatoms. The Kier molecular flexibility index (Phi) is 27.5. The van der Waals surface area contributed by atoms with Crippen LogP contribution in [0.25, 0.3) is 0 Å². The number of nitrogens with one attached hydrogen (secondary N) is 1. The molecule has 0 heterocycles. The van der Waals surface area contributed by atoms with Gasteiger partial charge in [0.25, 0.3) is 0 Å². The van der Waals surface area contributed by atoms with E-state index < -0.39 is 0 Å². The average molecular weight is 338 g/mol. The maximum Gasteiger partial charge on any atom is 0.207 e. The normalized spacial score (nSPS) is 9.83. The van der Waals surface area contributed by atoms with Crippen LogP contribution in [0.5, 0.6) is 0 Å². The average Bonchev–Trinajstić information content (AvgIpc) is 2.62. The first-order valence-corrected chi connectivity index (χ1v) is 9.87. The number of carbonyl (C=O) groups excluding carboxylic acids is 1. The standard InChI is InChI=1S/C10H21NO.C8H10.2C2H6/c1-3-5-6-8-10(7-4-2)11-9-12;1-7-3-5-8(2)6-4-7;2*1-2/h9-10H,3-8H2,1-2H3,(H,11,12);3-6H,1-2H3;2*1-2H3. The summed E-state index contributed by atoms with van der Waals surface area (Å²) in [4.78, 5) is 10.2. The lowest BCUT2D eigenvalue weighted by Crippen LogP contribution is -2.27. The highest BCUT2D eigenvalue weighted by Crippen LogP contribution is 2.07. The molecule has 0 fully saturated rings. The fourth-order valence-electron chi connectivity index (χ4n) is 2.03. The second-order valence-corrected chi connectivity index (χ2v) is 5.42. The molecular formula is C22H43NO. The van der Waals surface area contributed by atoms with E-state index in [1.165, 1.54) is 30.4 Å². The van der Waals surface area contributed by atoms with E-state index in [9.17, 15) is 4.79 Å². The summed E-state index contributed by atoms with van der Waals surface area (Å²) >= 11 is 0. The van der Waals surface area contributed by atoms with Gasteiger partial charge in [0.15, 0.2) is 0 Å². The third kappa shape index (κ3) is 20.7. The first-order valence-electron chi connectivity index (χ1n) is 9.87. The molecule has 0 bridgehead atoms. The van der Waals surface area contributed by atoms with Crippen molar-refractivity contribution in [3.63, 3.8) is 0 Å². The Labute approximate surface area is 152 Å². The molecule has 1 unspecified atom stereocenters. The molecule has 0 aliphatic rings. The van der Waals surface area contributed by atoms with E-state index in [4.69, 9.17) is 0 Å². The van der Waals surface area contributed by atoms with Crippen LogP contribution in [0.2, 0.25) is 0 Å². The van der Waals surface area contributed by atoms with Crippen molar-refractivity contribution >= 4 is 6.41 Å².